The van der Waals surface area contributed by atoms with Gasteiger partial charge in [0.2, 0.25) is 0 Å². The largest absolute Gasteiger partial charge is 0.491 e. The minimum Gasteiger partial charge on any atom is -0.491 e. The molecule has 102 valence electrons. The van der Waals surface area contributed by atoms with Crippen LogP contribution in [0, 0.1) is 3.57 Å². The number of carbonyl (C=O) groups excluding carboxylic acids is 1. The van der Waals surface area contributed by atoms with E-state index in [9.17, 15) is 9.59 Å². The zero-order valence-electron chi connectivity index (χ0n) is 10.2. The minimum atomic E-state index is -0.949. The molecule has 0 atom stereocenters. The Morgan fingerprint density at radius 2 is 2.21 bits per heavy atom. The number of benzene rings is 1. The van der Waals surface area contributed by atoms with E-state index in [1.54, 1.807) is 12.1 Å². The summed E-state index contributed by atoms with van der Waals surface area (Å²) in [6.07, 6.45) is 2.71. The average molecular weight is 395 g/mol. The molecule has 0 aliphatic carbocycles. The maximum atomic E-state index is 10.9. The van der Waals surface area contributed by atoms with Gasteiger partial charge in [0.15, 0.2) is 6.29 Å². The van der Waals surface area contributed by atoms with Gasteiger partial charge in [0.05, 0.1) is 15.7 Å². The van der Waals surface area contributed by atoms with Crippen LogP contribution in [0.4, 0.5) is 0 Å². The van der Waals surface area contributed by atoms with Crippen molar-refractivity contribution in [1.29, 1.82) is 0 Å². The predicted molar refractivity (Wildman–Crippen MR) is 81.1 cm³/mol. The zero-order chi connectivity index (χ0) is 14.4. The van der Waals surface area contributed by atoms with E-state index < -0.39 is 5.97 Å². The van der Waals surface area contributed by atoms with E-state index in [1.807, 2.05) is 22.6 Å². The van der Waals surface area contributed by atoms with Crippen molar-refractivity contribution in [3.63, 3.8) is 0 Å². The molecule has 0 amide bonds. The lowest BCUT2D eigenvalue weighted by atomic mass is 10.2. The van der Waals surface area contributed by atoms with Crippen molar-refractivity contribution < 1.29 is 19.4 Å². The van der Waals surface area contributed by atoms with Crippen LogP contribution in [0.3, 0.4) is 0 Å². The number of hydrogen-bond acceptors (Lipinski definition) is 3. The first kappa shape index (κ1) is 16.0. The number of rotatable bonds is 6. The Hall–Kier alpha value is -1.08. The van der Waals surface area contributed by atoms with Crippen LogP contribution in [0.2, 0.25) is 5.02 Å². The molecule has 0 saturated heterocycles. The first-order valence-corrected chi connectivity index (χ1v) is 6.88. The van der Waals surface area contributed by atoms with Crippen LogP contribution in [0.15, 0.2) is 23.8 Å². The number of carboxylic acid groups (broad SMARTS) is 1. The standard InChI is InChI=1S/C13H12ClIO4/c1-8(13(17)18)3-2-4-19-12-9(7-16)5-10(14)6-11(12)15/h3,5-7H,2,4H2,1H3,(H,17,18). The molecule has 6 heteroatoms. The molecule has 19 heavy (non-hydrogen) atoms. The maximum absolute atomic E-state index is 10.9. The molecule has 1 aromatic carbocycles. The number of halogens is 2. The highest BCUT2D eigenvalue weighted by atomic mass is 127. The highest BCUT2D eigenvalue weighted by Gasteiger charge is 2.09. The number of carbonyl (C=O) groups is 2. The van der Waals surface area contributed by atoms with Crippen LogP contribution in [-0.2, 0) is 4.79 Å². The quantitative estimate of drug-likeness (QED) is 0.347. The van der Waals surface area contributed by atoms with Gasteiger partial charge in [-0.1, -0.05) is 17.7 Å². The predicted octanol–water partition coefficient (Wildman–Crippen LogP) is 3.56. The summed E-state index contributed by atoms with van der Waals surface area (Å²) in [5.74, 6) is -0.476. The molecule has 1 N–H and O–H groups in total. The van der Waals surface area contributed by atoms with Crippen LogP contribution in [0.5, 0.6) is 5.75 Å². The minimum absolute atomic E-state index is 0.269. The second-order valence-corrected chi connectivity index (χ2v) is 5.35. The van der Waals surface area contributed by atoms with Gasteiger partial charge in [0.1, 0.15) is 5.75 Å². The molecular weight excluding hydrogens is 382 g/mol. The third-order valence-corrected chi connectivity index (χ3v) is 3.34. The van der Waals surface area contributed by atoms with Crippen molar-refractivity contribution >= 4 is 46.4 Å². The third kappa shape index (κ3) is 4.83. The normalized spacial score (nSPS) is 11.2. The smallest absolute Gasteiger partial charge is 0.330 e. The summed E-state index contributed by atoms with van der Waals surface area (Å²) in [6.45, 7) is 1.81. The van der Waals surface area contributed by atoms with Crippen molar-refractivity contribution in [2.45, 2.75) is 13.3 Å². The van der Waals surface area contributed by atoms with E-state index in [1.165, 1.54) is 13.0 Å². The fourth-order valence-corrected chi connectivity index (χ4v) is 2.56. The van der Waals surface area contributed by atoms with Crippen molar-refractivity contribution in [1.82, 2.24) is 0 Å². The molecule has 0 bridgehead atoms. The lowest BCUT2D eigenvalue weighted by molar-refractivity contribution is -0.132. The van der Waals surface area contributed by atoms with E-state index >= 15 is 0 Å². The van der Waals surface area contributed by atoms with Crippen LogP contribution in [0.1, 0.15) is 23.7 Å². The molecule has 0 radical (unpaired) electrons. The Balaban J connectivity index is 2.71. The molecule has 0 unspecified atom stereocenters. The Morgan fingerprint density at radius 3 is 2.79 bits per heavy atom. The van der Waals surface area contributed by atoms with Crippen LogP contribution in [0.25, 0.3) is 0 Å². The third-order valence-electron chi connectivity index (χ3n) is 2.32. The second kappa shape index (κ2) is 7.49. The van der Waals surface area contributed by atoms with Crippen molar-refractivity contribution in [2.24, 2.45) is 0 Å². The van der Waals surface area contributed by atoms with Gasteiger partial charge in [-0.05, 0) is 41.6 Å². The van der Waals surface area contributed by atoms with E-state index in [0.29, 0.717) is 35.6 Å². The fourth-order valence-electron chi connectivity index (χ4n) is 1.34. The van der Waals surface area contributed by atoms with Gasteiger partial charge in [-0.15, -0.1) is 0 Å². The summed E-state index contributed by atoms with van der Waals surface area (Å²) >= 11 is 7.88. The van der Waals surface area contributed by atoms with Gasteiger partial charge in [-0.2, -0.15) is 0 Å². The first-order chi connectivity index (χ1) is 8.95. The maximum Gasteiger partial charge on any atom is 0.330 e. The summed E-state index contributed by atoms with van der Waals surface area (Å²) in [7, 11) is 0. The van der Waals surface area contributed by atoms with Gasteiger partial charge in [-0.3, -0.25) is 4.79 Å². The fraction of sp³-hybridized carbons (Fsp3) is 0.231. The molecule has 0 aromatic heterocycles. The van der Waals surface area contributed by atoms with Gasteiger partial charge in [0, 0.05) is 17.0 Å². The summed E-state index contributed by atoms with van der Waals surface area (Å²) < 4.78 is 6.25. The summed E-state index contributed by atoms with van der Waals surface area (Å²) in [4.78, 5) is 21.5. The Bertz CT molecular complexity index is 526. The summed E-state index contributed by atoms with van der Waals surface area (Å²) in [5.41, 5.74) is 0.654. The molecular formula is C13H12ClIO4. The van der Waals surface area contributed by atoms with Crippen molar-refractivity contribution in [2.75, 3.05) is 6.61 Å². The Morgan fingerprint density at radius 1 is 1.53 bits per heavy atom. The summed E-state index contributed by atoms with van der Waals surface area (Å²) in [6, 6.07) is 3.23. The van der Waals surface area contributed by atoms with Crippen LogP contribution >= 0.6 is 34.2 Å². The number of aldehydes is 1. The molecule has 0 aliphatic heterocycles. The molecule has 0 saturated carbocycles. The van der Waals surface area contributed by atoms with E-state index in [0.717, 1.165) is 3.57 Å². The van der Waals surface area contributed by atoms with Crippen molar-refractivity contribution in [3.05, 3.63) is 37.9 Å². The number of ether oxygens (including phenoxy) is 1. The monoisotopic (exact) mass is 394 g/mol. The lowest BCUT2D eigenvalue weighted by Crippen LogP contribution is -2.02. The van der Waals surface area contributed by atoms with E-state index in [-0.39, 0.29) is 5.57 Å². The van der Waals surface area contributed by atoms with Crippen LogP contribution < -0.4 is 4.74 Å². The average Bonchev–Trinajstić information content (AvgIpc) is 2.35. The lowest BCUT2D eigenvalue weighted by Gasteiger charge is -2.10. The van der Waals surface area contributed by atoms with Gasteiger partial charge < -0.3 is 9.84 Å². The Labute approximate surface area is 129 Å². The van der Waals surface area contributed by atoms with E-state index in [2.05, 4.69) is 0 Å². The molecule has 4 nitrogen and oxygen atoms in total. The number of aliphatic carboxylic acids is 1. The molecule has 0 fully saturated rings. The first-order valence-electron chi connectivity index (χ1n) is 5.42. The summed E-state index contributed by atoms with van der Waals surface area (Å²) in [5, 5.41) is 9.16. The number of carboxylic acids is 1. The van der Waals surface area contributed by atoms with Gasteiger partial charge >= 0.3 is 5.97 Å². The molecule has 1 aromatic rings. The number of hydrogen-bond donors (Lipinski definition) is 1. The molecule has 1 rings (SSSR count). The topological polar surface area (TPSA) is 63.6 Å². The van der Waals surface area contributed by atoms with E-state index in [4.69, 9.17) is 21.4 Å². The van der Waals surface area contributed by atoms with Gasteiger partial charge in [0.25, 0.3) is 0 Å². The molecule has 0 aliphatic rings. The SMILES string of the molecule is CC(=CCCOc1c(I)cc(Cl)cc1C=O)C(=O)O. The highest BCUT2D eigenvalue weighted by molar-refractivity contribution is 14.1. The highest BCUT2D eigenvalue weighted by Crippen LogP contribution is 2.28. The second-order valence-electron chi connectivity index (χ2n) is 3.75. The zero-order valence-corrected chi connectivity index (χ0v) is 13.1. The molecule has 0 heterocycles. The Kier molecular flexibility index (Phi) is 6.30. The van der Waals surface area contributed by atoms with Gasteiger partial charge in [-0.25, -0.2) is 4.79 Å². The molecule has 0 spiro atoms. The van der Waals surface area contributed by atoms with Crippen molar-refractivity contribution in [3.8, 4) is 5.75 Å². The van der Waals surface area contributed by atoms with Crippen LogP contribution in [-0.4, -0.2) is 24.0 Å².